The predicted molar refractivity (Wildman–Crippen MR) is 121 cm³/mol. The van der Waals surface area contributed by atoms with E-state index < -0.39 is 29.2 Å². The van der Waals surface area contributed by atoms with Crippen LogP contribution < -0.4 is 17.2 Å². The summed E-state index contributed by atoms with van der Waals surface area (Å²) in [4.78, 5) is 62.0. The molecule has 3 aliphatic rings. The minimum atomic E-state index is -0.842. The van der Waals surface area contributed by atoms with Crippen molar-refractivity contribution in [3.63, 3.8) is 0 Å². The highest BCUT2D eigenvalue weighted by Crippen LogP contribution is 2.61. The highest BCUT2D eigenvalue weighted by Gasteiger charge is 2.61. The van der Waals surface area contributed by atoms with Crippen molar-refractivity contribution in [1.82, 2.24) is 19.8 Å². The van der Waals surface area contributed by atoms with Gasteiger partial charge in [-0.3, -0.25) is 34.2 Å². The van der Waals surface area contributed by atoms with Crippen molar-refractivity contribution in [1.29, 1.82) is 0 Å². The Balaban J connectivity index is 1.51. The number of rotatable bonds is 6. The SMILES string of the molecule is CCCCN1C(=O)C(=C(N)N)C(=O)N(C2CCC3(CC2)CC(C(N)=O)(c2cnccn2)C3)C1=O. The molecule has 11 heteroatoms. The number of unbranched alkanes of at least 4 members (excludes halogenated alkanes) is 1. The maximum atomic E-state index is 13.2. The van der Waals surface area contributed by atoms with Crippen molar-refractivity contribution in [3.05, 3.63) is 35.7 Å². The fourth-order valence-electron chi connectivity index (χ4n) is 5.82. The standard InChI is InChI=1S/C23H31N7O4/c1-2-3-10-29-18(31)16(17(24)25)19(32)30(21(29)34)14-4-6-22(7-5-14)12-23(13-22,20(26)33)15-11-27-8-9-28-15/h8-9,11,14H,2-7,10,12-13,24-25H2,1H3,(H2,26,33). The maximum absolute atomic E-state index is 13.2. The molecule has 0 aromatic carbocycles. The van der Waals surface area contributed by atoms with Gasteiger partial charge in [0.15, 0.2) is 0 Å². The molecule has 0 radical (unpaired) electrons. The molecule has 1 aromatic rings. The van der Waals surface area contributed by atoms with Crippen LogP contribution in [0.4, 0.5) is 4.79 Å². The predicted octanol–water partition coefficient (Wildman–Crippen LogP) is 0.642. The third kappa shape index (κ3) is 3.68. The molecule has 4 rings (SSSR count). The van der Waals surface area contributed by atoms with Gasteiger partial charge in [0.2, 0.25) is 5.91 Å². The number of urea groups is 1. The fourth-order valence-corrected chi connectivity index (χ4v) is 5.82. The molecule has 34 heavy (non-hydrogen) atoms. The van der Waals surface area contributed by atoms with Crippen molar-refractivity contribution < 1.29 is 19.2 Å². The zero-order valence-corrected chi connectivity index (χ0v) is 19.3. The van der Waals surface area contributed by atoms with Gasteiger partial charge in [-0.25, -0.2) is 4.79 Å². The van der Waals surface area contributed by atoms with E-state index in [2.05, 4.69) is 9.97 Å². The van der Waals surface area contributed by atoms with Crippen LogP contribution in [0, 0.1) is 5.41 Å². The van der Waals surface area contributed by atoms with Gasteiger partial charge in [-0.1, -0.05) is 13.3 Å². The van der Waals surface area contributed by atoms with E-state index in [1.807, 2.05) is 6.92 Å². The molecule has 1 spiro atoms. The summed E-state index contributed by atoms with van der Waals surface area (Å²) in [6.07, 6.45) is 9.74. The average molecular weight is 470 g/mol. The van der Waals surface area contributed by atoms with Crippen LogP contribution in [0.5, 0.6) is 0 Å². The lowest BCUT2D eigenvalue weighted by Crippen LogP contribution is -2.63. The van der Waals surface area contributed by atoms with Gasteiger partial charge in [0.05, 0.1) is 11.1 Å². The number of barbiturate groups is 1. The summed E-state index contributed by atoms with van der Waals surface area (Å²) >= 11 is 0. The highest BCUT2D eigenvalue weighted by atomic mass is 16.2. The molecule has 5 amide bonds. The third-order valence-electron chi connectivity index (χ3n) is 7.61. The first kappa shape index (κ1) is 23.7. The number of amides is 5. The van der Waals surface area contributed by atoms with Crippen molar-refractivity contribution >= 4 is 23.8 Å². The Morgan fingerprint density at radius 1 is 1.09 bits per heavy atom. The van der Waals surface area contributed by atoms with E-state index in [9.17, 15) is 19.2 Å². The van der Waals surface area contributed by atoms with Crippen LogP contribution in [-0.2, 0) is 19.8 Å². The van der Waals surface area contributed by atoms with Gasteiger partial charge in [-0.2, -0.15) is 0 Å². The molecule has 1 saturated heterocycles. The van der Waals surface area contributed by atoms with Gasteiger partial charge in [-0.05, 0) is 50.4 Å². The van der Waals surface area contributed by atoms with E-state index in [0.29, 0.717) is 50.6 Å². The number of hydrogen-bond acceptors (Lipinski definition) is 8. The van der Waals surface area contributed by atoms with E-state index in [0.717, 1.165) is 16.2 Å². The summed E-state index contributed by atoms with van der Waals surface area (Å²) in [5.74, 6) is -2.26. The number of carbonyl (C=O) groups excluding carboxylic acids is 4. The molecule has 1 aliphatic heterocycles. The lowest BCUT2D eigenvalue weighted by atomic mass is 9.47. The smallest absolute Gasteiger partial charge is 0.334 e. The first-order chi connectivity index (χ1) is 16.2. The van der Waals surface area contributed by atoms with Gasteiger partial charge in [0, 0.05) is 31.2 Å². The molecule has 2 heterocycles. The monoisotopic (exact) mass is 469 g/mol. The summed E-state index contributed by atoms with van der Waals surface area (Å²) in [5, 5.41) is 0. The number of nitrogens with zero attached hydrogens (tertiary/aromatic N) is 4. The summed E-state index contributed by atoms with van der Waals surface area (Å²) in [5.41, 5.74) is 16.4. The molecule has 0 unspecified atom stereocenters. The van der Waals surface area contributed by atoms with Crippen LogP contribution in [0.3, 0.4) is 0 Å². The Labute approximate surface area is 197 Å². The molecular formula is C23H31N7O4. The second-order valence-electron chi connectivity index (χ2n) is 9.72. The number of nitrogens with two attached hydrogens (primary N) is 3. The van der Waals surface area contributed by atoms with Crippen LogP contribution in [0.1, 0.15) is 64.0 Å². The minimum absolute atomic E-state index is 0.117. The van der Waals surface area contributed by atoms with Gasteiger partial charge in [-0.15, -0.1) is 0 Å². The average Bonchev–Trinajstić information content (AvgIpc) is 2.78. The Morgan fingerprint density at radius 3 is 2.29 bits per heavy atom. The first-order valence-electron chi connectivity index (χ1n) is 11.7. The summed E-state index contributed by atoms with van der Waals surface area (Å²) < 4.78 is 0. The number of imide groups is 2. The fraction of sp³-hybridized carbons (Fsp3) is 0.565. The van der Waals surface area contributed by atoms with Crippen molar-refractivity contribution in [3.8, 4) is 0 Å². The van der Waals surface area contributed by atoms with Crippen molar-refractivity contribution in [2.24, 2.45) is 22.6 Å². The minimum Gasteiger partial charge on any atom is -0.385 e. The van der Waals surface area contributed by atoms with Crippen molar-refractivity contribution in [2.75, 3.05) is 6.54 Å². The molecule has 182 valence electrons. The second-order valence-corrected chi connectivity index (χ2v) is 9.72. The summed E-state index contributed by atoms with van der Waals surface area (Å²) in [6.45, 7) is 2.15. The van der Waals surface area contributed by atoms with Crippen LogP contribution >= 0.6 is 0 Å². The van der Waals surface area contributed by atoms with Crippen LogP contribution in [0.2, 0.25) is 0 Å². The summed E-state index contributed by atoms with van der Waals surface area (Å²) in [7, 11) is 0. The zero-order valence-electron chi connectivity index (χ0n) is 19.3. The molecule has 0 atom stereocenters. The molecule has 1 aromatic heterocycles. The molecule has 3 fully saturated rings. The van der Waals surface area contributed by atoms with E-state index in [1.54, 1.807) is 18.6 Å². The Bertz CT molecular complexity index is 1030. The molecule has 11 nitrogen and oxygen atoms in total. The third-order valence-corrected chi connectivity index (χ3v) is 7.61. The number of carbonyl (C=O) groups is 4. The number of aromatic nitrogens is 2. The lowest BCUT2D eigenvalue weighted by Gasteiger charge is -2.57. The first-order valence-corrected chi connectivity index (χ1v) is 11.7. The topological polar surface area (TPSA) is 179 Å². The number of primary amides is 1. The van der Waals surface area contributed by atoms with Crippen molar-refractivity contribution in [2.45, 2.75) is 69.7 Å². The second kappa shape index (κ2) is 8.69. The lowest BCUT2D eigenvalue weighted by molar-refractivity contribution is -0.140. The van der Waals surface area contributed by atoms with Gasteiger partial charge in [0.1, 0.15) is 11.4 Å². The largest absolute Gasteiger partial charge is 0.385 e. The van der Waals surface area contributed by atoms with Gasteiger partial charge < -0.3 is 17.2 Å². The van der Waals surface area contributed by atoms with E-state index in [1.165, 1.54) is 0 Å². The Hall–Kier alpha value is -3.50. The van der Waals surface area contributed by atoms with Crippen LogP contribution in [0.15, 0.2) is 30.0 Å². The Morgan fingerprint density at radius 2 is 1.76 bits per heavy atom. The molecule has 2 saturated carbocycles. The molecular weight excluding hydrogens is 438 g/mol. The van der Waals surface area contributed by atoms with E-state index in [4.69, 9.17) is 17.2 Å². The van der Waals surface area contributed by atoms with Crippen LogP contribution in [0.25, 0.3) is 0 Å². The summed E-state index contributed by atoms with van der Waals surface area (Å²) in [6, 6.07) is -0.994. The Kier molecular flexibility index (Phi) is 6.05. The van der Waals surface area contributed by atoms with E-state index in [-0.39, 0.29) is 29.4 Å². The van der Waals surface area contributed by atoms with Gasteiger partial charge >= 0.3 is 6.03 Å². The zero-order chi connectivity index (χ0) is 24.7. The van der Waals surface area contributed by atoms with E-state index >= 15 is 0 Å². The molecule has 2 aliphatic carbocycles. The van der Waals surface area contributed by atoms with Gasteiger partial charge in [0.25, 0.3) is 11.8 Å². The normalized spacial score (nSPS) is 29.4. The molecule has 0 bridgehead atoms. The maximum Gasteiger partial charge on any atom is 0.334 e. The quantitative estimate of drug-likeness (QED) is 0.401. The molecule has 6 N–H and O–H groups in total. The van der Waals surface area contributed by atoms with Crippen LogP contribution in [-0.4, -0.2) is 56.1 Å². The number of hydrogen-bond donors (Lipinski definition) is 3. The highest BCUT2D eigenvalue weighted by molar-refractivity contribution is 6.29.